The zero-order valence-corrected chi connectivity index (χ0v) is 20.6. The van der Waals surface area contributed by atoms with E-state index in [1.807, 2.05) is 30.3 Å². The first kappa shape index (κ1) is 25.0. The molecule has 1 aliphatic rings. The summed E-state index contributed by atoms with van der Waals surface area (Å²) in [5, 5.41) is 3.26. The first-order chi connectivity index (χ1) is 17.1. The minimum absolute atomic E-state index is 0.192. The van der Waals surface area contributed by atoms with E-state index in [0.29, 0.717) is 40.5 Å². The predicted molar refractivity (Wildman–Crippen MR) is 131 cm³/mol. The number of hydrogen-bond donors (Lipinski definition) is 1. The number of aromatic nitrogens is 1. The number of ether oxygens (including phenoxy) is 3. The number of aldehydes is 2. The topological polar surface area (TPSA) is 113 Å². The molecule has 1 aromatic heterocycles. The molecule has 1 amide bonds. The van der Waals surface area contributed by atoms with Crippen molar-refractivity contribution in [3.05, 3.63) is 64.8 Å². The number of nitrogens with one attached hydrogen (secondary N) is 1. The second-order valence-corrected chi connectivity index (χ2v) is 9.62. The molecule has 36 heavy (non-hydrogen) atoms. The predicted octanol–water partition coefficient (Wildman–Crippen LogP) is 4.36. The fourth-order valence-corrected chi connectivity index (χ4v) is 4.43. The Bertz CT molecular complexity index is 1320. The number of amides is 1. The van der Waals surface area contributed by atoms with E-state index in [1.165, 1.54) is 6.92 Å². The van der Waals surface area contributed by atoms with Crippen LogP contribution >= 0.6 is 0 Å². The second-order valence-electron chi connectivity index (χ2n) is 9.62. The molecule has 0 aliphatic carbocycles. The maximum atomic E-state index is 12.5. The molecule has 2 atom stereocenters. The third-order valence-corrected chi connectivity index (χ3v) is 5.73. The van der Waals surface area contributed by atoms with Gasteiger partial charge in [-0.25, -0.2) is 4.79 Å². The lowest BCUT2D eigenvalue weighted by Crippen LogP contribution is -2.42. The Morgan fingerprint density at radius 3 is 2.44 bits per heavy atom. The molecule has 0 saturated carbocycles. The number of carbonyl (C=O) groups is 4. The van der Waals surface area contributed by atoms with E-state index in [-0.39, 0.29) is 18.7 Å². The van der Waals surface area contributed by atoms with Crippen molar-refractivity contribution in [3.8, 4) is 5.75 Å². The van der Waals surface area contributed by atoms with Crippen LogP contribution in [0.2, 0.25) is 0 Å². The van der Waals surface area contributed by atoms with Gasteiger partial charge in [0, 0.05) is 19.0 Å². The molecule has 3 aromatic rings. The summed E-state index contributed by atoms with van der Waals surface area (Å²) in [6.45, 7) is 6.90. The minimum Gasteiger partial charge on any atom is -0.488 e. The maximum Gasteiger partial charge on any atom is 0.408 e. The number of hydrogen-bond acceptors (Lipinski definition) is 7. The molecule has 9 heteroatoms. The van der Waals surface area contributed by atoms with Crippen LogP contribution in [0.5, 0.6) is 5.75 Å². The van der Waals surface area contributed by atoms with Gasteiger partial charge in [0.25, 0.3) is 0 Å². The summed E-state index contributed by atoms with van der Waals surface area (Å²) in [5.74, 6) is -0.207. The molecule has 4 rings (SSSR count). The molecule has 0 bridgehead atoms. The van der Waals surface area contributed by atoms with Crippen LogP contribution in [-0.2, 0) is 27.4 Å². The second kappa shape index (κ2) is 9.85. The number of fused-ring (bicyclic) bond motifs is 3. The Morgan fingerprint density at radius 2 is 1.83 bits per heavy atom. The summed E-state index contributed by atoms with van der Waals surface area (Å²) in [6, 6.07) is 12.0. The first-order valence-corrected chi connectivity index (χ1v) is 11.5. The largest absolute Gasteiger partial charge is 0.488 e. The maximum absolute atomic E-state index is 12.5. The summed E-state index contributed by atoms with van der Waals surface area (Å²) >= 11 is 0. The van der Waals surface area contributed by atoms with E-state index < -0.39 is 29.8 Å². The van der Waals surface area contributed by atoms with Gasteiger partial charge in [0.15, 0.2) is 12.4 Å². The average molecular weight is 493 g/mol. The summed E-state index contributed by atoms with van der Waals surface area (Å²) in [6.07, 6.45) is -0.238. The van der Waals surface area contributed by atoms with Gasteiger partial charge in [0.2, 0.25) is 0 Å². The highest BCUT2D eigenvalue weighted by Gasteiger charge is 2.41. The third kappa shape index (κ3) is 5.10. The Balaban J connectivity index is 1.78. The van der Waals surface area contributed by atoms with Crippen LogP contribution in [0.1, 0.15) is 65.8 Å². The van der Waals surface area contributed by atoms with Crippen LogP contribution in [0.15, 0.2) is 42.5 Å². The first-order valence-electron chi connectivity index (χ1n) is 11.5. The van der Waals surface area contributed by atoms with Crippen LogP contribution in [0.25, 0.3) is 10.9 Å². The fraction of sp³-hybridized carbons (Fsp3) is 0.333. The highest BCUT2D eigenvalue weighted by atomic mass is 16.6. The monoisotopic (exact) mass is 492 g/mol. The molecule has 2 aromatic carbocycles. The summed E-state index contributed by atoms with van der Waals surface area (Å²) < 4.78 is 18.8. The number of carbonyl (C=O) groups excluding carboxylic acids is 4. The van der Waals surface area contributed by atoms with Crippen LogP contribution in [0.3, 0.4) is 0 Å². The Morgan fingerprint density at radius 1 is 1.11 bits per heavy atom. The molecule has 2 heterocycles. The molecule has 0 fully saturated rings. The van der Waals surface area contributed by atoms with E-state index in [2.05, 4.69) is 5.32 Å². The van der Waals surface area contributed by atoms with Gasteiger partial charge in [-0.15, -0.1) is 0 Å². The molecule has 0 spiro atoms. The number of benzene rings is 2. The van der Waals surface area contributed by atoms with Crippen molar-refractivity contribution in [1.82, 2.24) is 9.88 Å². The van der Waals surface area contributed by atoms with Crippen molar-refractivity contribution >= 4 is 35.5 Å². The van der Waals surface area contributed by atoms with Crippen molar-refractivity contribution in [1.29, 1.82) is 0 Å². The molecule has 188 valence electrons. The van der Waals surface area contributed by atoms with Gasteiger partial charge >= 0.3 is 12.1 Å². The van der Waals surface area contributed by atoms with Gasteiger partial charge < -0.3 is 24.1 Å². The van der Waals surface area contributed by atoms with Gasteiger partial charge in [0.1, 0.15) is 24.2 Å². The van der Waals surface area contributed by atoms with Crippen molar-refractivity contribution < 1.29 is 33.4 Å². The van der Waals surface area contributed by atoms with E-state index in [9.17, 15) is 19.2 Å². The van der Waals surface area contributed by atoms with Gasteiger partial charge in [-0.3, -0.25) is 14.4 Å². The van der Waals surface area contributed by atoms with Crippen LogP contribution in [0.4, 0.5) is 4.79 Å². The zero-order chi connectivity index (χ0) is 26.0. The molecule has 0 saturated heterocycles. The number of esters is 1. The van der Waals surface area contributed by atoms with E-state index in [1.54, 1.807) is 37.5 Å². The quantitative estimate of drug-likeness (QED) is 0.385. The lowest BCUT2D eigenvalue weighted by Gasteiger charge is -2.24. The standard InChI is InChI=1S/C27H28N2O7/c1-16(32)35-25-20(28-26(33)36-27(2,3)4)12-29-21-10-18(13-30)11-22(23(21)19(14-31)24(25)29)34-15-17-8-6-5-7-9-17/h5-11,13-14,20,25H,12,15H2,1-4H3,(H,28,33)/t20-,25+/m0/s1. The smallest absolute Gasteiger partial charge is 0.408 e. The minimum atomic E-state index is -0.940. The molecular formula is C27H28N2O7. The van der Waals surface area contributed by atoms with E-state index >= 15 is 0 Å². The summed E-state index contributed by atoms with van der Waals surface area (Å²) in [7, 11) is 0. The lowest BCUT2D eigenvalue weighted by atomic mass is 10.0. The van der Waals surface area contributed by atoms with Crippen molar-refractivity contribution in [2.45, 2.75) is 58.6 Å². The van der Waals surface area contributed by atoms with Crippen molar-refractivity contribution in [2.75, 3.05) is 0 Å². The third-order valence-electron chi connectivity index (χ3n) is 5.73. The normalized spacial score (nSPS) is 16.8. The van der Waals surface area contributed by atoms with E-state index in [4.69, 9.17) is 14.2 Å². The molecule has 0 radical (unpaired) electrons. The van der Waals surface area contributed by atoms with Crippen LogP contribution < -0.4 is 10.1 Å². The average Bonchev–Trinajstić information content (AvgIpc) is 3.30. The number of rotatable bonds is 7. The number of alkyl carbamates (subject to hydrolysis) is 1. The fourth-order valence-electron chi connectivity index (χ4n) is 4.43. The van der Waals surface area contributed by atoms with Crippen molar-refractivity contribution in [3.63, 3.8) is 0 Å². The van der Waals surface area contributed by atoms with Gasteiger partial charge in [0.05, 0.1) is 28.2 Å². The highest BCUT2D eigenvalue weighted by molar-refractivity contribution is 6.05. The Kier molecular flexibility index (Phi) is 6.83. The molecular weight excluding hydrogens is 464 g/mol. The van der Waals surface area contributed by atoms with Crippen molar-refractivity contribution in [2.24, 2.45) is 0 Å². The molecule has 0 unspecified atom stereocenters. The SMILES string of the molecule is CC(=O)O[C@H]1c2c(C=O)c3c(OCc4ccccc4)cc(C=O)cc3n2C[C@@H]1NC(=O)OC(C)(C)C. The van der Waals surface area contributed by atoms with Gasteiger partial charge in [-0.05, 0) is 38.5 Å². The molecule has 9 nitrogen and oxygen atoms in total. The molecule has 1 aliphatic heterocycles. The van der Waals surface area contributed by atoms with Crippen LogP contribution in [0, 0.1) is 0 Å². The Labute approximate surface area is 208 Å². The number of nitrogens with zero attached hydrogens (tertiary/aromatic N) is 1. The zero-order valence-electron chi connectivity index (χ0n) is 20.6. The summed E-state index contributed by atoms with van der Waals surface area (Å²) in [4.78, 5) is 48.6. The Hall–Kier alpha value is -4.14. The lowest BCUT2D eigenvalue weighted by molar-refractivity contribution is -0.147. The highest BCUT2D eigenvalue weighted by Crippen LogP contribution is 2.42. The van der Waals surface area contributed by atoms with E-state index in [0.717, 1.165) is 5.56 Å². The molecule has 1 N–H and O–H groups in total. The van der Waals surface area contributed by atoms with Gasteiger partial charge in [-0.2, -0.15) is 0 Å². The van der Waals surface area contributed by atoms with Crippen LogP contribution in [-0.4, -0.2) is 40.8 Å². The summed E-state index contributed by atoms with van der Waals surface area (Å²) in [5.41, 5.74) is 1.80. The van der Waals surface area contributed by atoms with Gasteiger partial charge in [-0.1, -0.05) is 30.3 Å².